The number of nitrogens with one attached hydrogen (secondary N) is 7. The maximum Gasteiger partial charge on any atom is 0.248 e. The Morgan fingerprint density at radius 2 is 1.24 bits per heavy atom. The summed E-state index contributed by atoms with van der Waals surface area (Å²) >= 11 is 0. The molecule has 3 rings (SSSR count). The number of benzene rings is 2. The van der Waals surface area contributed by atoms with Gasteiger partial charge in [-0.2, -0.15) is 0 Å². The molecule has 2 aromatic rings. The molecule has 0 aliphatic carbocycles. The standard InChI is InChI=1S/C49H75N15O11/c1-29(2)24-35(42(50)70)60-43(71)34(13-9-21-57-49(53)54)59-41(69)27-64-23-22-55-39(67)14-6-7-15-40(68)58-33(12-8-20-56-48(51)52)44(72)61-37(26-31-16-18-32(66)19-17-31)45(73)62-36(25-30-10-4-3-5-11-30)46(74)63-38(28-65)47(64)75/h3-5,10-11,16-19,29,33-38,65-66H,6-9,12-15,20-28H2,1-2H3,(H2,50,70)(H,55,67)(H,58,68)(H,59,69)(H,60,71)(H,61,72)(H,62,73)(H,63,74)(H4,51,52,56)(H4,53,54,57)/t33-,34-,35-,36-,37-,38-/m0/s1. The first-order chi connectivity index (χ1) is 35.6. The van der Waals surface area contributed by atoms with Gasteiger partial charge in [-0.1, -0.05) is 56.3 Å². The van der Waals surface area contributed by atoms with E-state index >= 15 is 0 Å². The van der Waals surface area contributed by atoms with Crippen molar-refractivity contribution in [2.45, 2.75) is 121 Å². The quantitative estimate of drug-likeness (QED) is 0.0324. The van der Waals surface area contributed by atoms with Crippen molar-refractivity contribution in [3.05, 3.63) is 65.7 Å². The lowest BCUT2D eigenvalue weighted by atomic mass is 10.0. The summed E-state index contributed by atoms with van der Waals surface area (Å²) in [6.07, 6.45) is 0.621. The Kier molecular flexibility index (Phi) is 26.3. The van der Waals surface area contributed by atoms with E-state index in [-0.39, 0.29) is 120 Å². The maximum absolute atomic E-state index is 14.5. The van der Waals surface area contributed by atoms with Crippen LogP contribution in [0.2, 0.25) is 0 Å². The summed E-state index contributed by atoms with van der Waals surface area (Å²) in [6.45, 7) is 1.49. The van der Waals surface area contributed by atoms with E-state index in [0.717, 1.165) is 4.90 Å². The van der Waals surface area contributed by atoms with Crippen LogP contribution in [0.4, 0.5) is 0 Å². The molecule has 0 unspecified atom stereocenters. The molecular weight excluding hydrogens is 975 g/mol. The number of nitrogens with zero attached hydrogens (tertiary/aromatic N) is 3. The number of carbonyl (C=O) groups is 9. The summed E-state index contributed by atoms with van der Waals surface area (Å²) < 4.78 is 0. The van der Waals surface area contributed by atoms with Gasteiger partial charge in [0.2, 0.25) is 53.2 Å². The van der Waals surface area contributed by atoms with Gasteiger partial charge in [0, 0.05) is 51.9 Å². The Labute approximate surface area is 435 Å². The summed E-state index contributed by atoms with van der Waals surface area (Å²) in [5.41, 5.74) is 28.5. The average molecular weight is 1050 g/mol. The fraction of sp³-hybridized carbons (Fsp3) is 0.531. The molecule has 412 valence electrons. The second kappa shape index (κ2) is 32.2. The Balaban J connectivity index is 2.04. The first-order valence-electron chi connectivity index (χ1n) is 24.8. The SMILES string of the molecule is CC(C)C[C@H](NC(=O)[C@H](CCCN=C(N)N)NC(=O)CN1CCNC(=O)CCCCC(=O)N[C@@H](CCCN=C(N)N)C(=O)N[C@@H](Cc2ccc(O)cc2)C(=O)N[C@@H](Cc2ccccc2)C(=O)N[C@@H](CO)C1=O)C(N)=O. The Morgan fingerprint density at radius 3 is 1.80 bits per heavy atom. The van der Waals surface area contributed by atoms with Gasteiger partial charge in [0.15, 0.2) is 11.9 Å². The topological polar surface area (TPSA) is 436 Å². The van der Waals surface area contributed by atoms with E-state index in [9.17, 15) is 53.4 Å². The molecule has 1 saturated heterocycles. The molecule has 0 spiro atoms. The third-order valence-electron chi connectivity index (χ3n) is 11.7. The van der Waals surface area contributed by atoms with Crippen LogP contribution >= 0.6 is 0 Å². The molecule has 0 radical (unpaired) electrons. The zero-order valence-electron chi connectivity index (χ0n) is 42.6. The minimum Gasteiger partial charge on any atom is -0.508 e. The lowest BCUT2D eigenvalue weighted by molar-refractivity contribution is -0.141. The Morgan fingerprint density at radius 1 is 0.693 bits per heavy atom. The van der Waals surface area contributed by atoms with E-state index in [4.69, 9.17) is 28.7 Å². The minimum atomic E-state index is -1.74. The molecule has 1 aliphatic heterocycles. The average Bonchev–Trinajstić information content (AvgIpc) is 3.35. The van der Waals surface area contributed by atoms with E-state index in [1.54, 1.807) is 30.3 Å². The number of primary amides is 1. The number of aliphatic hydroxyl groups excluding tert-OH is 1. The first-order valence-corrected chi connectivity index (χ1v) is 24.8. The molecule has 75 heavy (non-hydrogen) atoms. The van der Waals surface area contributed by atoms with Crippen LogP contribution in [0.5, 0.6) is 5.75 Å². The van der Waals surface area contributed by atoms with Gasteiger partial charge in [-0.05, 0) is 74.1 Å². The number of carbonyl (C=O) groups excluding carboxylic acids is 9. The molecule has 26 heteroatoms. The molecule has 9 amide bonds. The molecule has 0 bridgehead atoms. The van der Waals surface area contributed by atoms with E-state index in [1.807, 2.05) is 13.8 Å². The number of aliphatic imine (C=N–C) groups is 2. The van der Waals surface area contributed by atoms with Gasteiger partial charge in [0.25, 0.3) is 0 Å². The highest BCUT2D eigenvalue weighted by molar-refractivity contribution is 5.97. The molecular formula is C49H75N15O11. The third-order valence-corrected chi connectivity index (χ3v) is 11.7. The van der Waals surface area contributed by atoms with E-state index in [1.165, 1.54) is 24.3 Å². The van der Waals surface area contributed by atoms with Crippen molar-refractivity contribution in [3.63, 3.8) is 0 Å². The van der Waals surface area contributed by atoms with Crippen LogP contribution in [0.1, 0.15) is 82.8 Å². The molecule has 1 fully saturated rings. The normalized spacial score (nSPS) is 19.5. The van der Waals surface area contributed by atoms with Gasteiger partial charge in [-0.15, -0.1) is 0 Å². The monoisotopic (exact) mass is 1050 g/mol. The highest BCUT2D eigenvalue weighted by Gasteiger charge is 2.34. The van der Waals surface area contributed by atoms with Crippen molar-refractivity contribution in [3.8, 4) is 5.75 Å². The first kappa shape index (κ1) is 61.3. The summed E-state index contributed by atoms with van der Waals surface area (Å²) in [7, 11) is 0. The molecule has 0 saturated carbocycles. The zero-order valence-corrected chi connectivity index (χ0v) is 42.6. The fourth-order valence-corrected chi connectivity index (χ4v) is 7.83. The second-order valence-corrected chi connectivity index (χ2v) is 18.5. The number of aliphatic hydroxyl groups is 1. The van der Waals surface area contributed by atoms with Crippen LogP contribution in [0, 0.1) is 5.92 Å². The predicted octanol–water partition coefficient (Wildman–Crippen LogP) is -3.76. The summed E-state index contributed by atoms with van der Waals surface area (Å²) in [5.74, 6) is -7.50. The zero-order chi connectivity index (χ0) is 55.5. The van der Waals surface area contributed by atoms with Crippen molar-refractivity contribution >= 4 is 65.1 Å². The maximum atomic E-state index is 14.5. The minimum absolute atomic E-state index is 0.0300. The Bertz CT molecular complexity index is 2290. The summed E-state index contributed by atoms with van der Waals surface area (Å²) in [5, 5.41) is 39.1. The van der Waals surface area contributed by atoms with Crippen LogP contribution in [0.25, 0.3) is 0 Å². The number of phenolic OH excluding ortho intramolecular Hbond substituents is 1. The predicted molar refractivity (Wildman–Crippen MR) is 277 cm³/mol. The number of rotatable bonds is 21. The van der Waals surface area contributed by atoms with Crippen molar-refractivity contribution in [2.75, 3.05) is 39.3 Å². The molecule has 0 aromatic heterocycles. The van der Waals surface area contributed by atoms with Crippen molar-refractivity contribution < 1.29 is 53.4 Å². The van der Waals surface area contributed by atoms with Crippen LogP contribution in [0.15, 0.2) is 64.6 Å². The number of phenols is 1. The molecule has 2 aromatic carbocycles. The van der Waals surface area contributed by atoms with Crippen LogP contribution < -0.4 is 65.9 Å². The number of guanidine groups is 2. The van der Waals surface area contributed by atoms with Gasteiger partial charge >= 0.3 is 0 Å². The lowest BCUT2D eigenvalue weighted by Crippen LogP contribution is -2.60. The van der Waals surface area contributed by atoms with Crippen LogP contribution in [-0.2, 0) is 56.0 Å². The fourth-order valence-electron chi connectivity index (χ4n) is 7.83. The molecule has 1 heterocycles. The van der Waals surface area contributed by atoms with E-state index in [2.05, 4.69) is 47.2 Å². The Hall–Kier alpha value is -8.03. The van der Waals surface area contributed by atoms with E-state index in [0.29, 0.717) is 11.1 Å². The highest BCUT2D eigenvalue weighted by atomic mass is 16.3. The van der Waals surface area contributed by atoms with Crippen molar-refractivity contribution in [1.29, 1.82) is 0 Å². The van der Waals surface area contributed by atoms with Gasteiger partial charge < -0.3 is 81.0 Å². The number of hydrogen-bond acceptors (Lipinski definition) is 13. The van der Waals surface area contributed by atoms with Gasteiger partial charge in [0.1, 0.15) is 42.0 Å². The van der Waals surface area contributed by atoms with Crippen LogP contribution in [0.3, 0.4) is 0 Å². The van der Waals surface area contributed by atoms with Gasteiger partial charge in [-0.3, -0.25) is 53.1 Å². The van der Waals surface area contributed by atoms with Gasteiger partial charge in [-0.25, -0.2) is 0 Å². The third kappa shape index (κ3) is 23.6. The molecule has 19 N–H and O–H groups in total. The number of hydrogen-bond donors (Lipinski definition) is 14. The smallest absolute Gasteiger partial charge is 0.248 e. The highest BCUT2D eigenvalue weighted by Crippen LogP contribution is 2.14. The van der Waals surface area contributed by atoms with Crippen molar-refractivity contribution in [1.82, 2.24) is 42.1 Å². The summed E-state index contributed by atoms with van der Waals surface area (Å²) in [4.78, 5) is 132. The number of amides is 9. The van der Waals surface area contributed by atoms with Crippen molar-refractivity contribution in [2.24, 2.45) is 44.6 Å². The second-order valence-electron chi connectivity index (χ2n) is 18.5. The lowest BCUT2D eigenvalue weighted by Gasteiger charge is -2.29. The number of aromatic hydroxyl groups is 1. The molecule has 26 nitrogen and oxygen atoms in total. The molecule has 1 aliphatic rings. The van der Waals surface area contributed by atoms with Crippen LogP contribution in [-0.4, -0.2) is 156 Å². The van der Waals surface area contributed by atoms with Gasteiger partial charge in [0.05, 0.1) is 13.2 Å². The largest absolute Gasteiger partial charge is 0.508 e. The number of nitrogens with two attached hydrogens (primary N) is 5. The molecule has 6 atom stereocenters. The summed E-state index contributed by atoms with van der Waals surface area (Å²) in [6, 6.07) is 6.15. The van der Waals surface area contributed by atoms with E-state index < -0.39 is 103 Å².